The first kappa shape index (κ1) is 17.4. The summed E-state index contributed by atoms with van der Waals surface area (Å²) in [4.78, 5) is 19.1. The first-order valence-corrected chi connectivity index (χ1v) is 8.93. The van der Waals surface area contributed by atoms with Gasteiger partial charge in [0, 0.05) is 30.4 Å². The zero-order chi connectivity index (χ0) is 19.0. The van der Waals surface area contributed by atoms with Crippen LogP contribution in [0.1, 0.15) is 28.8 Å². The molecule has 1 amide bonds. The van der Waals surface area contributed by atoms with Gasteiger partial charge in [0.15, 0.2) is 0 Å². The van der Waals surface area contributed by atoms with Crippen LogP contribution in [-0.2, 0) is 0 Å². The summed E-state index contributed by atoms with van der Waals surface area (Å²) in [5.74, 6) is -0.925. The van der Waals surface area contributed by atoms with Gasteiger partial charge in [-0.05, 0) is 55.7 Å². The zero-order valence-corrected chi connectivity index (χ0v) is 14.9. The van der Waals surface area contributed by atoms with Crippen LogP contribution < -0.4 is 5.32 Å². The Morgan fingerprint density at radius 2 is 1.89 bits per heavy atom. The van der Waals surface area contributed by atoms with Gasteiger partial charge in [-0.15, -0.1) is 0 Å². The van der Waals surface area contributed by atoms with Crippen LogP contribution in [-0.4, -0.2) is 28.9 Å². The third-order valence-corrected chi connectivity index (χ3v) is 4.89. The number of pyridine rings is 1. The quantitative estimate of drug-likeness (QED) is 0.723. The van der Waals surface area contributed by atoms with E-state index >= 15 is 0 Å². The van der Waals surface area contributed by atoms with E-state index in [2.05, 4.69) is 10.3 Å². The molecule has 27 heavy (non-hydrogen) atoms. The maximum absolute atomic E-state index is 14.0. The minimum absolute atomic E-state index is 0.152. The summed E-state index contributed by atoms with van der Waals surface area (Å²) in [7, 11) is 0. The monoisotopic (exact) mass is 367 g/mol. The van der Waals surface area contributed by atoms with Gasteiger partial charge in [0.05, 0.1) is 16.8 Å². The molecule has 4 rings (SSSR count). The van der Waals surface area contributed by atoms with Crippen LogP contribution in [0.25, 0.3) is 10.9 Å². The van der Waals surface area contributed by atoms with E-state index in [9.17, 15) is 13.6 Å². The summed E-state index contributed by atoms with van der Waals surface area (Å²) in [6.07, 6.45) is 3.44. The summed E-state index contributed by atoms with van der Waals surface area (Å²) in [5.41, 5.74) is 2.38. The maximum atomic E-state index is 14.0. The lowest BCUT2D eigenvalue weighted by Crippen LogP contribution is -2.28. The molecule has 2 aromatic carbocycles. The Morgan fingerprint density at radius 3 is 2.63 bits per heavy atom. The molecule has 1 aliphatic rings. The molecule has 0 bridgehead atoms. The van der Waals surface area contributed by atoms with Crippen LogP contribution in [0.15, 0.2) is 42.6 Å². The fourth-order valence-corrected chi connectivity index (χ4v) is 3.37. The van der Waals surface area contributed by atoms with Crippen LogP contribution >= 0.6 is 0 Å². The highest BCUT2D eigenvalue weighted by atomic mass is 19.1. The molecule has 0 unspecified atom stereocenters. The first-order valence-electron chi connectivity index (χ1n) is 8.93. The number of carbonyl (C=O) groups excluding carboxylic acids is 1. The fourth-order valence-electron chi connectivity index (χ4n) is 3.37. The SMILES string of the molecule is Cc1ccc(Nc2c(C(=O)N3CCCC3)cnc3ccc(F)cc23)cc1F. The molecule has 3 aromatic rings. The number of halogens is 2. The highest BCUT2D eigenvalue weighted by Gasteiger charge is 2.24. The highest BCUT2D eigenvalue weighted by Crippen LogP contribution is 2.31. The second-order valence-electron chi connectivity index (χ2n) is 6.80. The van der Waals surface area contributed by atoms with Crippen LogP contribution in [0, 0.1) is 18.6 Å². The van der Waals surface area contributed by atoms with Gasteiger partial charge in [0.1, 0.15) is 11.6 Å². The molecule has 0 aliphatic carbocycles. The zero-order valence-electron chi connectivity index (χ0n) is 14.9. The molecule has 1 fully saturated rings. The van der Waals surface area contributed by atoms with Crippen molar-refractivity contribution in [3.05, 3.63) is 65.4 Å². The van der Waals surface area contributed by atoms with Crippen LogP contribution in [0.3, 0.4) is 0 Å². The lowest BCUT2D eigenvalue weighted by molar-refractivity contribution is 0.0793. The number of hydrogen-bond acceptors (Lipinski definition) is 3. The average Bonchev–Trinajstić information content (AvgIpc) is 3.19. The molecule has 0 radical (unpaired) electrons. The molecule has 138 valence electrons. The van der Waals surface area contributed by atoms with Crippen LogP contribution in [0.4, 0.5) is 20.2 Å². The van der Waals surface area contributed by atoms with Crippen molar-refractivity contribution >= 4 is 28.2 Å². The van der Waals surface area contributed by atoms with Crippen molar-refractivity contribution in [3.8, 4) is 0 Å². The predicted octanol–water partition coefficient (Wildman–Crippen LogP) is 4.80. The molecule has 1 N–H and O–H groups in total. The van der Waals surface area contributed by atoms with Crippen molar-refractivity contribution < 1.29 is 13.6 Å². The molecule has 1 aliphatic heterocycles. The lowest BCUT2D eigenvalue weighted by atomic mass is 10.1. The Morgan fingerprint density at radius 1 is 1.11 bits per heavy atom. The van der Waals surface area contributed by atoms with E-state index in [1.165, 1.54) is 24.4 Å². The van der Waals surface area contributed by atoms with Gasteiger partial charge in [-0.3, -0.25) is 9.78 Å². The van der Waals surface area contributed by atoms with Crippen molar-refractivity contribution in [1.29, 1.82) is 0 Å². The van der Waals surface area contributed by atoms with Gasteiger partial charge in [-0.1, -0.05) is 6.07 Å². The molecule has 0 saturated carbocycles. The smallest absolute Gasteiger partial charge is 0.257 e. The number of likely N-dealkylation sites (tertiary alicyclic amines) is 1. The molecular weight excluding hydrogens is 348 g/mol. The molecular formula is C21H19F2N3O. The highest BCUT2D eigenvalue weighted by molar-refractivity contribution is 6.08. The lowest BCUT2D eigenvalue weighted by Gasteiger charge is -2.19. The van der Waals surface area contributed by atoms with Gasteiger partial charge >= 0.3 is 0 Å². The van der Waals surface area contributed by atoms with Crippen molar-refractivity contribution in [2.24, 2.45) is 0 Å². The summed E-state index contributed by atoms with van der Waals surface area (Å²) in [5, 5.41) is 3.61. The Hall–Kier alpha value is -3.02. The molecule has 1 aromatic heterocycles. The Kier molecular flexibility index (Phi) is 4.48. The van der Waals surface area contributed by atoms with Gasteiger partial charge in [0.25, 0.3) is 5.91 Å². The average molecular weight is 367 g/mol. The number of hydrogen-bond donors (Lipinski definition) is 1. The fraction of sp³-hybridized carbons (Fsp3) is 0.238. The van der Waals surface area contributed by atoms with E-state index in [0.717, 1.165) is 12.8 Å². The minimum Gasteiger partial charge on any atom is -0.354 e. The first-order chi connectivity index (χ1) is 13.0. The van der Waals surface area contributed by atoms with Crippen LogP contribution in [0.2, 0.25) is 0 Å². The molecule has 0 atom stereocenters. The topological polar surface area (TPSA) is 45.2 Å². The predicted molar refractivity (Wildman–Crippen MR) is 101 cm³/mol. The number of anilines is 2. The third-order valence-electron chi connectivity index (χ3n) is 4.89. The number of aromatic nitrogens is 1. The number of benzene rings is 2. The summed E-state index contributed by atoms with van der Waals surface area (Å²) in [6.45, 7) is 3.07. The Labute approximate surface area is 155 Å². The van der Waals surface area contributed by atoms with E-state index in [0.29, 0.717) is 46.5 Å². The van der Waals surface area contributed by atoms with Gasteiger partial charge in [-0.25, -0.2) is 8.78 Å². The van der Waals surface area contributed by atoms with Crippen molar-refractivity contribution in [2.45, 2.75) is 19.8 Å². The third kappa shape index (κ3) is 3.35. The van der Waals surface area contributed by atoms with Crippen LogP contribution in [0.5, 0.6) is 0 Å². The number of carbonyl (C=O) groups is 1. The van der Waals surface area contributed by atoms with Gasteiger partial charge in [0.2, 0.25) is 0 Å². The van der Waals surface area contributed by atoms with E-state index in [4.69, 9.17) is 0 Å². The Balaban J connectivity index is 1.85. The standard InChI is InChI=1S/C21H19F2N3O/c1-13-4-6-15(11-18(13)23)25-20-16-10-14(22)5-7-19(16)24-12-17(20)21(27)26-8-2-3-9-26/h4-7,10-12H,2-3,8-9H2,1H3,(H,24,25). The number of nitrogens with zero attached hydrogens (tertiary/aromatic N) is 2. The normalized spacial score (nSPS) is 14.0. The largest absolute Gasteiger partial charge is 0.354 e. The maximum Gasteiger partial charge on any atom is 0.257 e. The minimum atomic E-state index is -0.423. The second kappa shape index (κ2) is 6.95. The molecule has 1 saturated heterocycles. The second-order valence-corrected chi connectivity index (χ2v) is 6.80. The van der Waals surface area contributed by atoms with Crippen molar-refractivity contribution in [2.75, 3.05) is 18.4 Å². The number of amides is 1. The van der Waals surface area contributed by atoms with Crippen molar-refractivity contribution in [1.82, 2.24) is 9.88 Å². The van der Waals surface area contributed by atoms with E-state index < -0.39 is 5.82 Å². The number of aryl methyl sites for hydroxylation is 1. The summed E-state index contributed by atoms with van der Waals surface area (Å²) >= 11 is 0. The number of fused-ring (bicyclic) bond motifs is 1. The summed E-state index contributed by atoms with van der Waals surface area (Å²) < 4.78 is 27.9. The number of rotatable bonds is 3. The molecule has 6 heteroatoms. The van der Waals surface area contributed by atoms with Gasteiger partial charge < -0.3 is 10.2 Å². The van der Waals surface area contributed by atoms with E-state index in [1.807, 2.05) is 0 Å². The van der Waals surface area contributed by atoms with E-state index in [-0.39, 0.29) is 11.7 Å². The van der Waals surface area contributed by atoms with Gasteiger partial charge in [-0.2, -0.15) is 0 Å². The van der Waals surface area contributed by atoms with E-state index in [1.54, 1.807) is 30.0 Å². The molecule has 4 nitrogen and oxygen atoms in total. The Bertz CT molecular complexity index is 1030. The molecule has 2 heterocycles. The molecule has 0 spiro atoms. The summed E-state index contributed by atoms with van der Waals surface area (Å²) in [6, 6.07) is 8.99. The number of nitrogens with one attached hydrogen (secondary N) is 1. The van der Waals surface area contributed by atoms with Crippen molar-refractivity contribution in [3.63, 3.8) is 0 Å².